The summed E-state index contributed by atoms with van der Waals surface area (Å²) in [7, 11) is 1.55. The van der Waals surface area contributed by atoms with Crippen LogP contribution in [0.5, 0.6) is 5.75 Å². The molecule has 0 aromatic heterocycles. The smallest absolute Gasteiger partial charge is 0.418 e. The lowest BCUT2D eigenvalue weighted by Crippen LogP contribution is -2.58. The van der Waals surface area contributed by atoms with Crippen LogP contribution in [0.3, 0.4) is 0 Å². The van der Waals surface area contributed by atoms with Gasteiger partial charge in [0.05, 0.1) is 24.9 Å². The second-order valence-electron chi connectivity index (χ2n) is 8.88. The van der Waals surface area contributed by atoms with Crippen LogP contribution in [-0.2, 0) is 11.0 Å². The zero-order valence-corrected chi connectivity index (χ0v) is 18.9. The van der Waals surface area contributed by atoms with Gasteiger partial charge < -0.3 is 15.4 Å². The van der Waals surface area contributed by atoms with E-state index in [0.717, 1.165) is 25.3 Å². The van der Waals surface area contributed by atoms with Crippen molar-refractivity contribution in [3.63, 3.8) is 0 Å². The second kappa shape index (κ2) is 10.0. The zero-order valence-electron chi connectivity index (χ0n) is 18.9. The molecule has 0 spiro atoms. The van der Waals surface area contributed by atoms with Crippen LogP contribution in [0.1, 0.15) is 48.0 Å². The number of amides is 2. The van der Waals surface area contributed by atoms with Crippen LogP contribution >= 0.6 is 0 Å². The van der Waals surface area contributed by atoms with Crippen LogP contribution in [0.2, 0.25) is 0 Å². The lowest BCUT2D eigenvalue weighted by Gasteiger charge is -2.48. The molecule has 182 valence electrons. The van der Waals surface area contributed by atoms with E-state index in [4.69, 9.17) is 4.74 Å². The Morgan fingerprint density at radius 2 is 1.76 bits per heavy atom. The van der Waals surface area contributed by atoms with Gasteiger partial charge in [0.2, 0.25) is 5.91 Å². The SMILES string of the molecule is COc1cccc(C(=O)NC2C[C@H]3CCC[C@H](C2)N3CC(=O)Nc2ccccc2C(F)(F)F)c1. The molecule has 2 bridgehead atoms. The van der Waals surface area contributed by atoms with Crippen molar-refractivity contribution in [1.82, 2.24) is 10.2 Å². The van der Waals surface area contributed by atoms with E-state index in [2.05, 4.69) is 15.5 Å². The zero-order chi connectivity index (χ0) is 24.3. The van der Waals surface area contributed by atoms with Crippen LogP contribution < -0.4 is 15.4 Å². The third kappa shape index (κ3) is 5.52. The Labute approximate surface area is 196 Å². The first kappa shape index (κ1) is 24.1. The molecule has 9 heteroatoms. The van der Waals surface area contributed by atoms with Gasteiger partial charge in [0.25, 0.3) is 5.91 Å². The molecule has 0 radical (unpaired) electrons. The molecule has 34 heavy (non-hydrogen) atoms. The van der Waals surface area contributed by atoms with Gasteiger partial charge in [0.15, 0.2) is 0 Å². The normalized spacial score (nSPS) is 22.6. The first-order valence-corrected chi connectivity index (χ1v) is 11.4. The highest BCUT2D eigenvalue weighted by Crippen LogP contribution is 2.36. The molecule has 2 saturated heterocycles. The Bertz CT molecular complexity index is 1030. The van der Waals surface area contributed by atoms with Gasteiger partial charge in [-0.3, -0.25) is 14.5 Å². The minimum Gasteiger partial charge on any atom is -0.497 e. The summed E-state index contributed by atoms with van der Waals surface area (Å²) < 4.78 is 45.0. The highest BCUT2D eigenvalue weighted by atomic mass is 19.4. The molecule has 0 aliphatic carbocycles. The molecule has 0 unspecified atom stereocenters. The minimum absolute atomic E-state index is 0.0259. The maximum absolute atomic E-state index is 13.3. The Morgan fingerprint density at radius 3 is 2.44 bits per heavy atom. The van der Waals surface area contributed by atoms with Gasteiger partial charge in [-0.15, -0.1) is 0 Å². The fraction of sp³-hybridized carbons (Fsp3) is 0.440. The maximum atomic E-state index is 13.3. The van der Waals surface area contributed by atoms with Crippen molar-refractivity contribution in [3.8, 4) is 5.75 Å². The van der Waals surface area contributed by atoms with Gasteiger partial charge in [-0.2, -0.15) is 13.2 Å². The van der Waals surface area contributed by atoms with Crippen LogP contribution in [0.4, 0.5) is 18.9 Å². The lowest BCUT2D eigenvalue weighted by molar-refractivity contribution is -0.137. The van der Waals surface area contributed by atoms with E-state index in [1.54, 1.807) is 31.4 Å². The molecule has 2 heterocycles. The molecule has 2 aliphatic heterocycles. The Balaban J connectivity index is 1.38. The number of ether oxygens (including phenoxy) is 1. The largest absolute Gasteiger partial charge is 0.497 e. The third-order valence-corrected chi connectivity index (χ3v) is 6.63. The minimum atomic E-state index is -4.54. The number of benzene rings is 2. The van der Waals surface area contributed by atoms with E-state index in [1.807, 2.05) is 0 Å². The Kier molecular flexibility index (Phi) is 7.11. The van der Waals surface area contributed by atoms with Crippen molar-refractivity contribution < 1.29 is 27.5 Å². The summed E-state index contributed by atoms with van der Waals surface area (Å²) in [5, 5.41) is 5.55. The van der Waals surface area contributed by atoms with Gasteiger partial charge in [-0.1, -0.05) is 24.6 Å². The summed E-state index contributed by atoms with van der Waals surface area (Å²) in [4.78, 5) is 27.5. The number of nitrogens with one attached hydrogen (secondary N) is 2. The summed E-state index contributed by atoms with van der Waals surface area (Å²) in [5.41, 5.74) is -0.567. The first-order chi connectivity index (χ1) is 16.2. The number of para-hydroxylation sites is 1. The van der Waals surface area contributed by atoms with Crippen LogP contribution in [0.15, 0.2) is 48.5 Å². The van der Waals surface area contributed by atoms with Crippen molar-refractivity contribution in [2.24, 2.45) is 0 Å². The molecule has 2 atom stereocenters. The average molecular weight is 476 g/mol. The second-order valence-corrected chi connectivity index (χ2v) is 8.88. The van der Waals surface area contributed by atoms with Crippen molar-refractivity contribution in [2.75, 3.05) is 19.0 Å². The fourth-order valence-electron chi connectivity index (χ4n) is 5.08. The molecule has 2 fully saturated rings. The van der Waals surface area contributed by atoms with Gasteiger partial charge in [0, 0.05) is 23.7 Å². The quantitative estimate of drug-likeness (QED) is 0.647. The predicted molar refractivity (Wildman–Crippen MR) is 122 cm³/mol. The highest BCUT2D eigenvalue weighted by Gasteiger charge is 2.40. The van der Waals surface area contributed by atoms with Crippen LogP contribution in [-0.4, -0.2) is 48.5 Å². The molecule has 2 amide bonds. The van der Waals surface area contributed by atoms with Crippen LogP contribution in [0.25, 0.3) is 0 Å². The van der Waals surface area contributed by atoms with Crippen molar-refractivity contribution >= 4 is 17.5 Å². The number of hydrogen-bond donors (Lipinski definition) is 2. The molecule has 2 aliphatic rings. The van der Waals surface area contributed by atoms with E-state index in [-0.39, 0.29) is 36.3 Å². The van der Waals surface area contributed by atoms with E-state index in [0.29, 0.717) is 24.2 Å². The number of carbonyl (C=O) groups excluding carboxylic acids is 2. The molecular formula is C25H28F3N3O3. The van der Waals surface area contributed by atoms with Crippen LogP contribution in [0, 0.1) is 0 Å². The van der Waals surface area contributed by atoms with E-state index in [1.165, 1.54) is 18.2 Å². The summed E-state index contributed by atoms with van der Waals surface area (Å²) in [6.45, 7) is 0.0259. The number of fused-ring (bicyclic) bond motifs is 2. The molecule has 2 aromatic carbocycles. The Morgan fingerprint density at radius 1 is 1.06 bits per heavy atom. The molecule has 2 N–H and O–H groups in total. The molecular weight excluding hydrogens is 447 g/mol. The lowest BCUT2D eigenvalue weighted by atomic mass is 9.81. The number of halogens is 3. The van der Waals surface area contributed by atoms with Gasteiger partial charge in [0.1, 0.15) is 5.75 Å². The highest BCUT2D eigenvalue weighted by molar-refractivity contribution is 5.95. The monoisotopic (exact) mass is 475 g/mol. The number of carbonyl (C=O) groups is 2. The molecule has 6 nitrogen and oxygen atoms in total. The maximum Gasteiger partial charge on any atom is 0.418 e. The van der Waals surface area contributed by atoms with Gasteiger partial charge >= 0.3 is 6.18 Å². The summed E-state index contributed by atoms with van der Waals surface area (Å²) in [6.07, 6.45) is -0.360. The number of hydrogen-bond acceptors (Lipinski definition) is 4. The van der Waals surface area contributed by atoms with Crippen molar-refractivity contribution in [3.05, 3.63) is 59.7 Å². The van der Waals surface area contributed by atoms with Crippen molar-refractivity contribution in [2.45, 2.75) is 56.4 Å². The molecule has 4 rings (SSSR count). The molecule has 2 aromatic rings. The summed E-state index contributed by atoms with van der Waals surface area (Å²) in [5.74, 6) is -0.0261. The number of methoxy groups -OCH3 is 1. The van der Waals surface area contributed by atoms with E-state index in [9.17, 15) is 22.8 Å². The van der Waals surface area contributed by atoms with Gasteiger partial charge in [-0.25, -0.2) is 0 Å². The molecule has 0 saturated carbocycles. The predicted octanol–water partition coefficient (Wildman–Crippen LogP) is 4.47. The summed E-state index contributed by atoms with van der Waals surface area (Å²) in [6, 6.07) is 12.1. The topological polar surface area (TPSA) is 70.7 Å². The van der Waals surface area contributed by atoms with E-state index >= 15 is 0 Å². The number of anilines is 1. The van der Waals surface area contributed by atoms with Crippen molar-refractivity contribution in [1.29, 1.82) is 0 Å². The first-order valence-electron chi connectivity index (χ1n) is 11.4. The van der Waals surface area contributed by atoms with E-state index < -0.39 is 17.6 Å². The third-order valence-electron chi connectivity index (χ3n) is 6.63. The standard InChI is InChI=1S/C25H28F3N3O3/c1-34-20-9-4-6-16(12-20)24(33)29-17-13-18-7-5-8-19(14-17)31(18)15-23(32)30-22-11-3-2-10-21(22)25(26,27)28/h2-4,6,9-12,17-19H,5,7-8,13-15H2,1H3,(H,29,33)(H,30,32)/t18-,19-/m1/s1. The Hall–Kier alpha value is -3.07. The fourth-order valence-corrected chi connectivity index (χ4v) is 5.08. The average Bonchev–Trinajstić information content (AvgIpc) is 2.79. The van der Waals surface area contributed by atoms with Gasteiger partial charge in [-0.05, 0) is 56.0 Å². The number of piperidine rings is 2. The number of rotatable bonds is 6. The number of alkyl halides is 3. The number of nitrogens with zero attached hydrogens (tertiary/aromatic N) is 1. The summed E-state index contributed by atoms with van der Waals surface area (Å²) >= 11 is 0.